The predicted octanol–water partition coefficient (Wildman–Crippen LogP) is 3.80. The van der Waals surface area contributed by atoms with Gasteiger partial charge in [0.2, 0.25) is 5.82 Å². The van der Waals surface area contributed by atoms with E-state index in [2.05, 4.69) is 27.3 Å². The van der Waals surface area contributed by atoms with E-state index in [4.69, 9.17) is 9.79 Å². The molecule has 4 rings (SSSR count). The van der Waals surface area contributed by atoms with Crippen molar-refractivity contribution < 1.29 is 18.7 Å². The quantitative estimate of drug-likeness (QED) is 0.334. The van der Waals surface area contributed by atoms with E-state index in [0.29, 0.717) is 24.4 Å². The maximum Gasteiger partial charge on any atom is 0.329 e. The van der Waals surface area contributed by atoms with E-state index < -0.39 is 7.60 Å². The van der Waals surface area contributed by atoms with Crippen LogP contribution in [-0.4, -0.2) is 30.0 Å². The highest BCUT2D eigenvalue weighted by Gasteiger charge is 2.13. The van der Waals surface area contributed by atoms with Crippen molar-refractivity contribution in [3.05, 3.63) is 101 Å². The number of hydrogen-bond acceptors (Lipinski definition) is 4. The second kappa shape index (κ2) is 9.88. The van der Waals surface area contributed by atoms with E-state index in [0.717, 1.165) is 22.3 Å². The first-order chi connectivity index (χ1) is 15.8. The van der Waals surface area contributed by atoms with Gasteiger partial charge in [-0.1, -0.05) is 60.4 Å². The number of rotatable bonds is 6. The van der Waals surface area contributed by atoms with Crippen molar-refractivity contribution in [1.29, 1.82) is 0 Å². The Hall–Kier alpha value is -3.63. The summed E-state index contributed by atoms with van der Waals surface area (Å²) in [6, 6.07) is 20.7. The molecule has 0 atom stereocenters. The van der Waals surface area contributed by atoms with E-state index >= 15 is 0 Å². The van der Waals surface area contributed by atoms with E-state index in [1.54, 1.807) is 36.4 Å². The Morgan fingerprint density at radius 1 is 0.939 bits per heavy atom. The fourth-order valence-corrected chi connectivity index (χ4v) is 3.85. The van der Waals surface area contributed by atoms with Crippen LogP contribution in [0.1, 0.15) is 22.3 Å². The standard InChI is InChI=1S/C24H20FN4O3P/c25-23-13-11-18(12-14-23)3-1-4-19-5-2-6-22(15-19)24-26-28-29(27-24)16-20-7-9-21(10-8-20)17-33(30,31)32/h2,5-15H,3,16-17H2,(H2,30,31,32). The summed E-state index contributed by atoms with van der Waals surface area (Å²) >= 11 is 0. The van der Waals surface area contributed by atoms with Crippen LogP contribution in [0.5, 0.6) is 0 Å². The van der Waals surface area contributed by atoms with Crippen LogP contribution in [0.2, 0.25) is 0 Å². The molecule has 0 aliphatic rings. The topological polar surface area (TPSA) is 101 Å². The van der Waals surface area contributed by atoms with Crippen molar-refractivity contribution in [2.45, 2.75) is 19.1 Å². The summed E-state index contributed by atoms with van der Waals surface area (Å²) in [5.74, 6) is 6.39. The Balaban J connectivity index is 1.42. The van der Waals surface area contributed by atoms with Gasteiger partial charge < -0.3 is 9.79 Å². The van der Waals surface area contributed by atoms with Gasteiger partial charge in [-0.3, -0.25) is 4.57 Å². The lowest BCUT2D eigenvalue weighted by molar-refractivity contribution is 0.371. The zero-order chi connectivity index (χ0) is 23.3. The van der Waals surface area contributed by atoms with Crippen LogP contribution in [0.4, 0.5) is 4.39 Å². The van der Waals surface area contributed by atoms with Crippen LogP contribution in [0.15, 0.2) is 72.8 Å². The molecule has 0 saturated carbocycles. The third-order valence-corrected chi connectivity index (χ3v) is 5.52. The first kappa shape index (κ1) is 22.6. The lowest BCUT2D eigenvalue weighted by atomic mass is 10.1. The molecule has 166 valence electrons. The average molecular weight is 462 g/mol. The van der Waals surface area contributed by atoms with Gasteiger partial charge in [-0.05, 0) is 46.2 Å². The normalized spacial score (nSPS) is 11.1. The molecule has 7 nitrogen and oxygen atoms in total. The molecule has 0 unspecified atom stereocenters. The van der Waals surface area contributed by atoms with Gasteiger partial charge in [-0.25, -0.2) is 4.39 Å². The number of hydrogen-bond donors (Lipinski definition) is 2. The third kappa shape index (κ3) is 6.67. The fraction of sp³-hybridized carbons (Fsp3) is 0.125. The molecule has 0 aliphatic carbocycles. The smallest absolute Gasteiger partial charge is 0.324 e. The number of tetrazole rings is 1. The molecule has 2 N–H and O–H groups in total. The van der Waals surface area contributed by atoms with Crippen LogP contribution >= 0.6 is 7.60 Å². The first-order valence-corrected chi connectivity index (χ1v) is 11.9. The molecule has 1 heterocycles. The van der Waals surface area contributed by atoms with Gasteiger partial charge in [0.05, 0.1) is 12.7 Å². The van der Waals surface area contributed by atoms with Crippen molar-refractivity contribution in [2.75, 3.05) is 0 Å². The number of aromatic nitrogens is 4. The predicted molar refractivity (Wildman–Crippen MR) is 122 cm³/mol. The highest BCUT2D eigenvalue weighted by Crippen LogP contribution is 2.38. The molecule has 0 radical (unpaired) electrons. The Bertz CT molecular complexity index is 1350. The second-order valence-corrected chi connectivity index (χ2v) is 9.11. The van der Waals surface area contributed by atoms with Crippen LogP contribution in [0.3, 0.4) is 0 Å². The molecule has 33 heavy (non-hydrogen) atoms. The van der Waals surface area contributed by atoms with Gasteiger partial charge in [0.25, 0.3) is 0 Å². The molecule has 0 aliphatic heterocycles. The lowest BCUT2D eigenvalue weighted by Gasteiger charge is -2.05. The van der Waals surface area contributed by atoms with Gasteiger partial charge in [0.1, 0.15) is 5.82 Å². The second-order valence-electron chi connectivity index (χ2n) is 7.47. The molecule has 9 heteroatoms. The summed E-state index contributed by atoms with van der Waals surface area (Å²) in [4.78, 5) is 19.6. The van der Waals surface area contributed by atoms with Gasteiger partial charge in [0, 0.05) is 17.5 Å². The minimum atomic E-state index is -4.09. The van der Waals surface area contributed by atoms with E-state index in [1.165, 1.54) is 16.9 Å². The molecule has 0 amide bonds. The summed E-state index contributed by atoms with van der Waals surface area (Å²) < 4.78 is 24.1. The third-order valence-electron chi connectivity index (χ3n) is 4.75. The Morgan fingerprint density at radius 3 is 2.36 bits per heavy atom. The molecule has 4 aromatic rings. The van der Waals surface area contributed by atoms with Crippen molar-refractivity contribution in [2.24, 2.45) is 0 Å². The highest BCUT2D eigenvalue weighted by atomic mass is 31.2. The Kier molecular flexibility index (Phi) is 6.76. The molecule has 0 bridgehead atoms. The highest BCUT2D eigenvalue weighted by molar-refractivity contribution is 7.50. The first-order valence-electron chi connectivity index (χ1n) is 10.1. The molecule has 1 aromatic heterocycles. The van der Waals surface area contributed by atoms with Gasteiger partial charge >= 0.3 is 7.60 Å². The molecule has 3 aromatic carbocycles. The minimum absolute atomic E-state index is 0.267. The number of halogens is 1. The fourth-order valence-electron chi connectivity index (χ4n) is 3.16. The largest absolute Gasteiger partial charge is 0.329 e. The van der Waals surface area contributed by atoms with E-state index in [-0.39, 0.29) is 12.0 Å². The molecule has 0 fully saturated rings. The number of benzene rings is 3. The summed E-state index contributed by atoms with van der Waals surface area (Å²) in [5, 5.41) is 12.6. The van der Waals surface area contributed by atoms with Crippen LogP contribution in [-0.2, 0) is 23.7 Å². The van der Waals surface area contributed by atoms with Crippen LogP contribution in [0.25, 0.3) is 11.4 Å². The number of nitrogens with zero attached hydrogens (tertiary/aromatic N) is 4. The lowest BCUT2D eigenvalue weighted by Crippen LogP contribution is -2.04. The maximum absolute atomic E-state index is 13.0. The molecular weight excluding hydrogens is 442 g/mol. The van der Waals surface area contributed by atoms with Gasteiger partial charge in [-0.15, -0.1) is 10.2 Å². The van der Waals surface area contributed by atoms with Crippen molar-refractivity contribution >= 4 is 7.60 Å². The zero-order valence-electron chi connectivity index (χ0n) is 17.5. The Morgan fingerprint density at radius 2 is 1.64 bits per heavy atom. The van der Waals surface area contributed by atoms with Crippen molar-refractivity contribution in [1.82, 2.24) is 20.2 Å². The molecule has 0 saturated heterocycles. The maximum atomic E-state index is 13.0. The Labute approximate surface area is 190 Å². The summed E-state index contributed by atoms with van der Waals surface area (Å²) in [7, 11) is -4.09. The minimum Gasteiger partial charge on any atom is -0.324 e. The van der Waals surface area contributed by atoms with Crippen molar-refractivity contribution in [3.63, 3.8) is 0 Å². The van der Waals surface area contributed by atoms with Crippen LogP contribution in [0, 0.1) is 17.7 Å². The average Bonchev–Trinajstić information content (AvgIpc) is 3.24. The summed E-state index contributed by atoms with van der Waals surface area (Å²) in [5.41, 5.74) is 3.99. The van der Waals surface area contributed by atoms with Gasteiger partial charge in [0.15, 0.2) is 0 Å². The summed E-state index contributed by atoms with van der Waals surface area (Å²) in [6.07, 6.45) is 0.230. The zero-order valence-corrected chi connectivity index (χ0v) is 18.4. The SMILES string of the molecule is O=P(O)(O)Cc1ccc(Cn2nnc(-c3cccc(C#CCc4ccc(F)cc4)c3)n2)cc1. The molecule has 0 spiro atoms. The monoisotopic (exact) mass is 462 g/mol. The summed E-state index contributed by atoms with van der Waals surface area (Å²) in [6.45, 7) is 0.375. The van der Waals surface area contributed by atoms with E-state index in [9.17, 15) is 8.96 Å². The van der Waals surface area contributed by atoms with Crippen molar-refractivity contribution in [3.8, 4) is 23.2 Å². The van der Waals surface area contributed by atoms with E-state index in [1.807, 2.05) is 24.3 Å². The van der Waals surface area contributed by atoms with Gasteiger partial charge in [-0.2, -0.15) is 4.80 Å². The molecular formula is C24H20FN4O3P. The van der Waals surface area contributed by atoms with Crippen LogP contribution < -0.4 is 0 Å².